The number of carbonyl (C=O) groups is 2. The highest BCUT2D eigenvalue weighted by Crippen LogP contribution is 2.46. The van der Waals surface area contributed by atoms with Crippen LogP contribution >= 0.6 is 11.3 Å². The number of fused-ring (bicyclic) bond motifs is 1. The lowest BCUT2D eigenvalue weighted by Crippen LogP contribution is -2.53. The molecular weight excluding hydrogens is 556 g/mol. The van der Waals surface area contributed by atoms with Crippen molar-refractivity contribution in [2.75, 3.05) is 13.1 Å². The number of likely N-dealkylation sites (tertiary alicyclic amines) is 2. The molecular formula is C35H38N4O3S. The fourth-order valence-corrected chi connectivity index (χ4v) is 7.42. The number of carbonyl (C=O) groups excluding carboxylic acids is 2. The molecule has 2 N–H and O–H groups in total. The summed E-state index contributed by atoms with van der Waals surface area (Å²) in [7, 11) is 0. The van der Waals surface area contributed by atoms with Crippen molar-refractivity contribution in [2.45, 2.75) is 57.8 Å². The van der Waals surface area contributed by atoms with Crippen molar-refractivity contribution in [2.24, 2.45) is 11.1 Å². The third-order valence-corrected chi connectivity index (χ3v) is 9.83. The summed E-state index contributed by atoms with van der Waals surface area (Å²) >= 11 is 1.65. The van der Waals surface area contributed by atoms with Gasteiger partial charge in [-0.3, -0.25) is 4.79 Å². The molecule has 2 aliphatic rings. The summed E-state index contributed by atoms with van der Waals surface area (Å²) in [4.78, 5) is 37.5. The number of thiazole rings is 1. The molecule has 2 fully saturated rings. The number of nitrogens with zero attached hydrogens (tertiary/aromatic N) is 3. The largest absolute Gasteiger partial charge is 0.445 e. The van der Waals surface area contributed by atoms with Gasteiger partial charge in [-0.1, -0.05) is 112 Å². The second-order valence-electron chi connectivity index (χ2n) is 12.5. The highest BCUT2D eigenvalue weighted by molar-refractivity contribution is 7.15. The zero-order valence-electron chi connectivity index (χ0n) is 24.9. The molecule has 222 valence electrons. The van der Waals surface area contributed by atoms with Crippen molar-refractivity contribution in [3.8, 4) is 21.7 Å². The molecule has 7 nitrogen and oxygen atoms in total. The average Bonchev–Trinajstić information content (AvgIpc) is 3.75. The molecule has 2 saturated heterocycles. The van der Waals surface area contributed by atoms with E-state index in [0.29, 0.717) is 19.5 Å². The molecule has 2 amide bonds. The number of aromatic nitrogens is 1. The summed E-state index contributed by atoms with van der Waals surface area (Å²) in [5.74, 6) is -0.245. The highest BCUT2D eigenvalue weighted by Gasteiger charge is 2.54. The minimum atomic E-state index is -0.651. The number of rotatable bonds is 6. The first-order valence-electron chi connectivity index (χ1n) is 14.9. The third-order valence-electron chi connectivity index (χ3n) is 8.59. The zero-order valence-corrected chi connectivity index (χ0v) is 25.7. The molecule has 8 heteroatoms. The van der Waals surface area contributed by atoms with E-state index < -0.39 is 6.04 Å². The van der Waals surface area contributed by atoms with Crippen LogP contribution < -0.4 is 5.73 Å². The van der Waals surface area contributed by atoms with Crippen molar-refractivity contribution < 1.29 is 14.3 Å². The van der Waals surface area contributed by atoms with Crippen molar-refractivity contribution in [3.05, 3.63) is 102 Å². The van der Waals surface area contributed by atoms with Gasteiger partial charge in [0.25, 0.3) is 0 Å². The molecule has 0 aliphatic carbocycles. The third kappa shape index (κ3) is 5.82. The number of amides is 2. The van der Waals surface area contributed by atoms with E-state index in [9.17, 15) is 9.59 Å². The smallest absolute Gasteiger partial charge is 0.410 e. The molecule has 0 saturated carbocycles. The van der Waals surface area contributed by atoms with E-state index in [2.05, 4.69) is 24.3 Å². The molecule has 0 bridgehead atoms. The predicted molar refractivity (Wildman–Crippen MR) is 170 cm³/mol. The van der Waals surface area contributed by atoms with E-state index in [0.717, 1.165) is 32.3 Å². The van der Waals surface area contributed by atoms with Crippen LogP contribution in [0.2, 0.25) is 0 Å². The second-order valence-corrected chi connectivity index (χ2v) is 13.5. The molecule has 3 heterocycles. The van der Waals surface area contributed by atoms with Crippen molar-refractivity contribution >= 4 is 23.3 Å². The maximum absolute atomic E-state index is 13.9. The number of benzene rings is 3. The number of ether oxygens (including phenoxy) is 1. The standard InChI is InChI=1S/C35H38N4O3S/c1-35(2,3)31(36)33(40)38-20-19-27-29(38)26(21-39(27)34(41)42-22-23-13-7-4-8-14-23)32-37-28(24-15-9-5-10-16-24)30(43-32)25-17-11-6-12-18-25/h4-18,26-27,29,31H,19-22,36H2,1-3H3/t26-,27+,29+,31+/m0/s1. The first-order chi connectivity index (χ1) is 20.7. The lowest BCUT2D eigenvalue weighted by atomic mass is 9.86. The lowest BCUT2D eigenvalue weighted by Gasteiger charge is -2.34. The summed E-state index contributed by atoms with van der Waals surface area (Å²) in [6.45, 7) is 7.13. The van der Waals surface area contributed by atoms with E-state index >= 15 is 0 Å². The van der Waals surface area contributed by atoms with E-state index in [1.165, 1.54) is 0 Å². The maximum atomic E-state index is 13.9. The quantitative estimate of drug-likeness (QED) is 0.273. The molecule has 4 atom stereocenters. The zero-order chi connectivity index (χ0) is 30.1. The summed E-state index contributed by atoms with van der Waals surface area (Å²) in [5, 5.41) is 0.912. The van der Waals surface area contributed by atoms with Crippen molar-refractivity contribution in [3.63, 3.8) is 0 Å². The van der Waals surface area contributed by atoms with Crippen LogP contribution in [0.3, 0.4) is 0 Å². The Labute approximate surface area is 257 Å². The highest BCUT2D eigenvalue weighted by atomic mass is 32.1. The summed E-state index contributed by atoms with van der Waals surface area (Å²) in [6, 6.07) is 29.1. The minimum absolute atomic E-state index is 0.0763. The Morgan fingerprint density at radius 1 is 0.930 bits per heavy atom. The van der Waals surface area contributed by atoms with Gasteiger partial charge in [0.2, 0.25) is 5.91 Å². The Hall–Kier alpha value is -4.01. The topological polar surface area (TPSA) is 88.8 Å². The summed E-state index contributed by atoms with van der Waals surface area (Å²) < 4.78 is 5.81. The van der Waals surface area contributed by atoms with Gasteiger partial charge in [0.15, 0.2) is 0 Å². The Balaban J connectivity index is 1.38. The predicted octanol–water partition coefficient (Wildman–Crippen LogP) is 6.56. The van der Waals surface area contributed by atoms with Gasteiger partial charge in [-0.15, -0.1) is 11.3 Å². The number of nitrogens with two attached hydrogens (primary N) is 1. The Morgan fingerprint density at radius 3 is 2.16 bits per heavy atom. The minimum Gasteiger partial charge on any atom is -0.445 e. The fraction of sp³-hybridized carbons (Fsp3) is 0.343. The van der Waals surface area contributed by atoms with Crippen LogP contribution in [0.5, 0.6) is 0 Å². The van der Waals surface area contributed by atoms with Crippen molar-refractivity contribution in [1.82, 2.24) is 14.8 Å². The molecule has 2 aliphatic heterocycles. The van der Waals surface area contributed by atoms with Gasteiger partial charge in [0.05, 0.1) is 34.6 Å². The molecule has 0 spiro atoms. The van der Waals surface area contributed by atoms with Crippen LogP contribution in [-0.2, 0) is 16.1 Å². The van der Waals surface area contributed by atoms with Crippen LogP contribution in [0.4, 0.5) is 4.79 Å². The van der Waals surface area contributed by atoms with Crippen LogP contribution in [0.25, 0.3) is 21.7 Å². The SMILES string of the molecule is CC(C)(C)[C@H](N)C(=O)N1CC[C@@H]2[C@H]1[C@@H](c1nc(-c3ccccc3)c(-c3ccccc3)s1)CN2C(=O)OCc1ccccc1. The van der Waals surface area contributed by atoms with Crippen LogP contribution in [0.15, 0.2) is 91.0 Å². The van der Waals surface area contributed by atoms with E-state index in [-0.39, 0.29) is 42.0 Å². The average molecular weight is 595 g/mol. The first kappa shape index (κ1) is 29.1. The van der Waals surface area contributed by atoms with Gasteiger partial charge in [-0.05, 0) is 23.0 Å². The normalized spacial score (nSPS) is 20.6. The Bertz CT molecular complexity index is 1510. The van der Waals surface area contributed by atoms with Gasteiger partial charge in [0.1, 0.15) is 11.6 Å². The van der Waals surface area contributed by atoms with E-state index in [4.69, 9.17) is 15.5 Å². The van der Waals surface area contributed by atoms with E-state index in [1.54, 1.807) is 11.3 Å². The Morgan fingerprint density at radius 2 is 1.53 bits per heavy atom. The first-order valence-corrected chi connectivity index (χ1v) is 15.7. The maximum Gasteiger partial charge on any atom is 0.410 e. The van der Waals surface area contributed by atoms with Crippen LogP contribution in [-0.4, -0.2) is 58.0 Å². The molecule has 0 radical (unpaired) electrons. The summed E-state index contributed by atoms with van der Waals surface area (Å²) in [5.41, 5.74) is 10.1. The molecule has 1 aromatic heterocycles. The lowest BCUT2D eigenvalue weighted by molar-refractivity contribution is -0.136. The second kappa shape index (κ2) is 11.9. The van der Waals surface area contributed by atoms with Gasteiger partial charge in [0, 0.05) is 18.7 Å². The number of hydrogen-bond acceptors (Lipinski definition) is 6. The van der Waals surface area contributed by atoms with Gasteiger partial charge >= 0.3 is 6.09 Å². The van der Waals surface area contributed by atoms with Gasteiger partial charge in [-0.2, -0.15) is 0 Å². The van der Waals surface area contributed by atoms with Crippen LogP contribution in [0, 0.1) is 5.41 Å². The molecule has 4 aromatic rings. The molecule has 43 heavy (non-hydrogen) atoms. The monoisotopic (exact) mass is 594 g/mol. The molecule has 0 unspecified atom stereocenters. The molecule has 3 aromatic carbocycles. The van der Waals surface area contributed by atoms with E-state index in [1.807, 2.05) is 97.3 Å². The van der Waals surface area contributed by atoms with Crippen molar-refractivity contribution in [1.29, 1.82) is 0 Å². The van der Waals surface area contributed by atoms with Gasteiger partial charge in [-0.25, -0.2) is 9.78 Å². The van der Waals surface area contributed by atoms with Crippen LogP contribution in [0.1, 0.15) is 43.7 Å². The Kier molecular flexibility index (Phi) is 8.07. The summed E-state index contributed by atoms with van der Waals surface area (Å²) in [6.07, 6.45) is 0.311. The van der Waals surface area contributed by atoms with Gasteiger partial charge < -0.3 is 20.3 Å². The molecule has 6 rings (SSSR count). The number of hydrogen-bond donors (Lipinski definition) is 1. The fourth-order valence-electron chi connectivity index (χ4n) is 6.19.